The predicted molar refractivity (Wildman–Crippen MR) is 109 cm³/mol. The highest BCUT2D eigenvalue weighted by molar-refractivity contribution is 7.89. The van der Waals surface area contributed by atoms with Crippen LogP contribution in [0.1, 0.15) is 60.3 Å². The average Bonchev–Trinajstić information content (AvgIpc) is 3.10. The van der Waals surface area contributed by atoms with E-state index in [4.69, 9.17) is 4.42 Å². The van der Waals surface area contributed by atoms with Crippen molar-refractivity contribution in [3.63, 3.8) is 0 Å². The molecule has 0 radical (unpaired) electrons. The number of benzene rings is 1. The zero-order chi connectivity index (χ0) is 22.1. The number of nitrogens with zero attached hydrogens (tertiary/aromatic N) is 1. The zero-order valence-corrected chi connectivity index (χ0v) is 18.4. The van der Waals surface area contributed by atoms with Crippen LogP contribution in [0.4, 0.5) is 13.2 Å². The van der Waals surface area contributed by atoms with Gasteiger partial charge in [-0.2, -0.15) is 17.5 Å². The molecule has 0 bridgehead atoms. The molecule has 3 rings (SSSR count). The monoisotopic (exact) mass is 443 g/mol. The standard InChI is InChI=1S/C22H28F3NO3S/c1-15-11-16(2)21(17(3)12-15)30(27,28)26(13-18-7-5-4-6-8-18)14-19-9-10-20(29-19)22(23,24)25/h9-12,18H,4-8,13-14H2,1-3H3. The first-order valence-corrected chi connectivity index (χ1v) is 11.7. The number of halogens is 3. The van der Waals surface area contributed by atoms with E-state index in [0.717, 1.165) is 43.7 Å². The molecule has 4 nitrogen and oxygen atoms in total. The molecule has 8 heteroatoms. The third kappa shape index (κ3) is 5.09. The Morgan fingerprint density at radius 1 is 1.03 bits per heavy atom. The van der Waals surface area contributed by atoms with Gasteiger partial charge in [-0.05, 0) is 62.8 Å². The molecule has 2 aromatic rings. The summed E-state index contributed by atoms with van der Waals surface area (Å²) in [6.07, 6.45) is 0.454. The third-order valence-corrected chi connectivity index (χ3v) is 7.78. The molecule has 0 amide bonds. The summed E-state index contributed by atoms with van der Waals surface area (Å²) in [6, 6.07) is 5.69. The highest BCUT2D eigenvalue weighted by Crippen LogP contribution is 2.33. The number of rotatable bonds is 6. The molecule has 0 atom stereocenters. The van der Waals surface area contributed by atoms with Gasteiger partial charge in [-0.15, -0.1) is 0 Å². The fraction of sp³-hybridized carbons (Fsp3) is 0.545. The van der Waals surface area contributed by atoms with Gasteiger partial charge < -0.3 is 4.42 Å². The Morgan fingerprint density at radius 3 is 2.17 bits per heavy atom. The van der Waals surface area contributed by atoms with Crippen molar-refractivity contribution in [1.29, 1.82) is 0 Å². The molecule has 0 aliphatic heterocycles. The van der Waals surface area contributed by atoms with E-state index >= 15 is 0 Å². The minimum absolute atomic E-state index is 0.0101. The lowest BCUT2D eigenvalue weighted by Gasteiger charge is -2.29. The van der Waals surface area contributed by atoms with Gasteiger partial charge in [0.2, 0.25) is 15.8 Å². The van der Waals surface area contributed by atoms with Gasteiger partial charge in [-0.3, -0.25) is 0 Å². The highest BCUT2D eigenvalue weighted by atomic mass is 32.2. The Labute approximate surface area is 176 Å². The Balaban J connectivity index is 1.97. The molecule has 0 unspecified atom stereocenters. The fourth-order valence-corrected chi connectivity index (χ4v) is 6.29. The van der Waals surface area contributed by atoms with Gasteiger partial charge in [-0.25, -0.2) is 8.42 Å². The van der Waals surface area contributed by atoms with Gasteiger partial charge in [0.25, 0.3) is 0 Å². The van der Waals surface area contributed by atoms with Crippen LogP contribution in [-0.4, -0.2) is 19.3 Å². The molecule has 1 aliphatic rings. The number of hydrogen-bond donors (Lipinski definition) is 0. The minimum Gasteiger partial charge on any atom is -0.455 e. The molecule has 1 heterocycles. The van der Waals surface area contributed by atoms with Gasteiger partial charge >= 0.3 is 6.18 Å². The fourth-order valence-electron chi connectivity index (χ4n) is 4.40. The van der Waals surface area contributed by atoms with Crippen LogP contribution < -0.4 is 0 Å². The zero-order valence-electron chi connectivity index (χ0n) is 17.6. The Hall–Kier alpha value is -1.80. The van der Waals surface area contributed by atoms with E-state index in [1.165, 1.54) is 10.4 Å². The van der Waals surface area contributed by atoms with Gasteiger partial charge in [0.05, 0.1) is 11.4 Å². The van der Waals surface area contributed by atoms with Crippen LogP contribution in [0.15, 0.2) is 33.6 Å². The molecular weight excluding hydrogens is 415 g/mol. The van der Waals surface area contributed by atoms with E-state index < -0.39 is 22.0 Å². The van der Waals surface area contributed by atoms with Crippen LogP contribution in [0.25, 0.3) is 0 Å². The Morgan fingerprint density at radius 2 is 1.63 bits per heavy atom. The number of alkyl halides is 3. The van der Waals surface area contributed by atoms with E-state index in [1.54, 1.807) is 13.8 Å². The molecule has 1 fully saturated rings. The summed E-state index contributed by atoms with van der Waals surface area (Å²) in [6.45, 7) is 5.46. The van der Waals surface area contributed by atoms with Crippen molar-refractivity contribution in [1.82, 2.24) is 4.31 Å². The Kier molecular flexibility index (Phi) is 6.67. The van der Waals surface area contributed by atoms with Crippen molar-refractivity contribution < 1.29 is 26.0 Å². The van der Waals surface area contributed by atoms with Gasteiger partial charge in [0.1, 0.15) is 5.76 Å². The molecule has 1 aromatic heterocycles. The molecular formula is C22H28F3NO3S. The smallest absolute Gasteiger partial charge is 0.449 e. The summed E-state index contributed by atoms with van der Waals surface area (Å²) in [5.74, 6) is -0.934. The summed E-state index contributed by atoms with van der Waals surface area (Å²) in [4.78, 5) is 0.228. The SMILES string of the molecule is Cc1cc(C)c(S(=O)(=O)N(Cc2ccc(C(F)(F)F)o2)CC2CCCCC2)c(C)c1. The molecule has 1 aromatic carbocycles. The van der Waals surface area contributed by atoms with E-state index in [1.807, 2.05) is 19.1 Å². The van der Waals surface area contributed by atoms with Gasteiger partial charge in [0.15, 0.2) is 0 Å². The van der Waals surface area contributed by atoms with E-state index in [2.05, 4.69) is 0 Å². The largest absolute Gasteiger partial charge is 0.455 e. The summed E-state index contributed by atoms with van der Waals surface area (Å²) < 4.78 is 72.3. The van der Waals surface area contributed by atoms with E-state index in [9.17, 15) is 21.6 Å². The first kappa shape index (κ1) is 22.9. The minimum atomic E-state index is -4.60. The maximum atomic E-state index is 13.6. The third-order valence-electron chi connectivity index (χ3n) is 5.66. The second kappa shape index (κ2) is 8.75. The number of furan rings is 1. The molecule has 0 N–H and O–H groups in total. The maximum Gasteiger partial charge on any atom is 0.449 e. The lowest BCUT2D eigenvalue weighted by Crippen LogP contribution is -2.36. The van der Waals surface area contributed by atoms with Crippen molar-refractivity contribution in [3.05, 3.63) is 52.5 Å². The van der Waals surface area contributed by atoms with E-state index in [0.29, 0.717) is 11.1 Å². The van der Waals surface area contributed by atoms with Crippen LogP contribution >= 0.6 is 0 Å². The summed E-state index contributed by atoms with van der Waals surface area (Å²) in [7, 11) is -3.91. The quantitative estimate of drug-likeness (QED) is 0.551. The van der Waals surface area contributed by atoms with Gasteiger partial charge in [-0.1, -0.05) is 37.0 Å². The number of hydrogen-bond acceptors (Lipinski definition) is 3. The van der Waals surface area contributed by atoms with Crippen molar-refractivity contribution >= 4 is 10.0 Å². The molecule has 1 saturated carbocycles. The normalized spacial score (nSPS) is 16.4. The first-order chi connectivity index (χ1) is 14.0. The van der Waals surface area contributed by atoms with Crippen molar-refractivity contribution in [2.45, 2.75) is 70.5 Å². The van der Waals surface area contributed by atoms with Crippen LogP contribution in [0.2, 0.25) is 0 Å². The van der Waals surface area contributed by atoms with Crippen molar-refractivity contribution in [2.24, 2.45) is 5.92 Å². The second-order valence-electron chi connectivity index (χ2n) is 8.29. The van der Waals surface area contributed by atoms with Crippen LogP contribution in [-0.2, 0) is 22.7 Å². The number of sulfonamides is 1. The topological polar surface area (TPSA) is 50.5 Å². The molecule has 0 saturated heterocycles. The summed E-state index contributed by atoms with van der Waals surface area (Å²) in [5, 5.41) is 0. The first-order valence-electron chi connectivity index (χ1n) is 10.2. The lowest BCUT2D eigenvalue weighted by molar-refractivity contribution is -0.153. The lowest BCUT2D eigenvalue weighted by atomic mass is 9.89. The van der Waals surface area contributed by atoms with Crippen LogP contribution in [0, 0.1) is 26.7 Å². The summed E-state index contributed by atoms with van der Waals surface area (Å²) >= 11 is 0. The molecule has 30 heavy (non-hydrogen) atoms. The average molecular weight is 444 g/mol. The van der Waals surface area contributed by atoms with Crippen molar-refractivity contribution in [2.75, 3.05) is 6.54 Å². The number of aryl methyl sites for hydroxylation is 3. The molecule has 0 spiro atoms. The molecule has 166 valence electrons. The van der Waals surface area contributed by atoms with E-state index in [-0.39, 0.29) is 29.7 Å². The summed E-state index contributed by atoms with van der Waals surface area (Å²) in [5.41, 5.74) is 2.23. The maximum absolute atomic E-state index is 13.6. The second-order valence-corrected chi connectivity index (χ2v) is 10.2. The van der Waals surface area contributed by atoms with Crippen LogP contribution in [0.3, 0.4) is 0 Å². The highest BCUT2D eigenvalue weighted by Gasteiger charge is 2.36. The predicted octanol–water partition coefficient (Wildman–Crippen LogP) is 5.99. The molecule has 1 aliphatic carbocycles. The Bertz CT molecular complexity index is 966. The van der Waals surface area contributed by atoms with Crippen LogP contribution in [0.5, 0.6) is 0 Å². The van der Waals surface area contributed by atoms with Crippen molar-refractivity contribution in [3.8, 4) is 0 Å². The van der Waals surface area contributed by atoms with Gasteiger partial charge in [0, 0.05) is 6.54 Å².